The van der Waals surface area contributed by atoms with Crippen molar-refractivity contribution in [3.05, 3.63) is 65.1 Å². The molecule has 3 atom stereocenters. The first-order valence-electron chi connectivity index (χ1n) is 13.0. The van der Waals surface area contributed by atoms with Crippen molar-refractivity contribution in [2.24, 2.45) is 13.0 Å². The third-order valence-corrected chi connectivity index (χ3v) is 7.52. The number of amides is 2. The smallest absolute Gasteiger partial charge is 0.274 e. The van der Waals surface area contributed by atoms with Crippen LogP contribution in [0.15, 0.2) is 40.9 Å². The fourth-order valence-corrected chi connectivity index (χ4v) is 5.46. The molecule has 1 saturated heterocycles. The number of aryl methyl sites for hydroxylation is 2. The van der Waals surface area contributed by atoms with Crippen LogP contribution < -0.4 is 5.32 Å². The zero-order chi connectivity index (χ0) is 25.1. The summed E-state index contributed by atoms with van der Waals surface area (Å²) >= 11 is 0. The molecule has 0 unspecified atom stereocenters. The number of carbonyl (C=O) groups is 2. The fourth-order valence-electron chi connectivity index (χ4n) is 5.46. The van der Waals surface area contributed by atoms with Crippen LogP contribution in [0.5, 0.6) is 0 Å². The molecule has 9 heteroatoms. The van der Waals surface area contributed by atoms with Gasteiger partial charge in [0, 0.05) is 44.2 Å². The molecule has 1 aromatic carbocycles. The Hall–Kier alpha value is -3.49. The number of carbonyl (C=O) groups excluding carboxylic acids is 2. The Balaban J connectivity index is 1.40. The molecule has 190 valence electrons. The zero-order valence-electron chi connectivity index (χ0n) is 21.0. The molecular weight excluding hydrogens is 456 g/mol. The molecule has 1 N–H and O–H groups in total. The van der Waals surface area contributed by atoms with Gasteiger partial charge in [-0.05, 0) is 44.2 Å². The Labute approximate surface area is 211 Å². The van der Waals surface area contributed by atoms with E-state index in [1.165, 1.54) is 0 Å². The highest BCUT2D eigenvalue weighted by Gasteiger charge is 2.46. The summed E-state index contributed by atoms with van der Waals surface area (Å²) in [7, 11) is 1.84. The first kappa shape index (κ1) is 24.2. The third kappa shape index (κ3) is 5.20. The fraction of sp³-hybridized carbons (Fsp3) is 0.519. The topological polar surface area (TPSA) is 106 Å². The lowest BCUT2D eigenvalue weighted by molar-refractivity contribution is -0.126. The van der Waals surface area contributed by atoms with Crippen LogP contribution in [0.1, 0.15) is 77.9 Å². The SMILES string of the molecule is Cc1cc(C(=O)N2CCCCCCNC(=O)[C@@H]3C[C@@H](c4nc(Cc5ccccc5)no4)C[C@@H]32)nn1C. The summed E-state index contributed by atoms with van der Waals surface area (Å²) in [6.07, 6.45) is 5.70. The molecule has 2 fully saturated rings. The highest BCUT2D eigenvalue weighted by Crippen LogP contribution is 2.41. The molecule has 0 radical (unpaired) electrons. The molecule has 3 heterocycles. The first-order chi connectivity index (χ1) is 17.5. The molecule has 1 aliphatic heterocycles. The largest absolute Gasteiger partial charge is 0.356 e. The number of nitrogens with one attached hydrogen (secondary N) is 1. The van der Waals surface area contributed by atoms with Gasteiger partial charge in [0.25, 0.3) is 5.91 Å². The van der Waals surface area contributed by atoms with E-state index in [0.29, 0.717) is 49.8 Å². The Bertz CT molecular complexity index is 1180. The Morgan fingerprint density at radius 1 is 1.14 bits per heavy atom. The average molecular weight is 491 g/mol. The second kappa shape index (κ2) is 10.6. The summed E-state index contributed by atoms with van der Waals surface area (Å²) < 4.78 is 7.40. The molecule has 0 spiro atoms. The van der Waals surface area contributed by atoms with Gasteiger partial charge in [-0.1, -0.05) is 48.3 Å². The number of nitrogens with zero attached hydrogens (tertiary/aromatic N) is 5. The average Bonchev–Trinajstić information content (AvgIpc) is 3.59. The third-order valence-electron chi connectivity index (χ3n) is 7.52. The van der Waals surface area contributed by atoms with Crippen LogP contribution in [0.25, 0.3) is 0 Å². The Kier molecular flexibility index (Phi) is 7.16. The summed E-state index contributed by atoms with van der Waals surface area (Å²) in [5.74, 6) is 0.666. The van der Waals surface area contributed by atoms with Gasteiger partial charge in [-0.2, -0.15) is 10.1 Å². The van der Waals surface area contributed by atoms with Gasteiger partial charge < -0.3 is 14.7 Å². The molecule has 2 aliphatic rings. The van der Waals surface area contributed by atoms with Crippen LogP contribution in [0.4, 0.5) is 0 Å². The summed E-state index contributed by atoms with van der Waals surface area (Å²) in [5.41, 5.74) is 2.46. The van der Waals surface area contributed by atoms with Gasteiger partial charge >= 0.3 is 0 Å². The van der Waals surface area contributed by atoms with Crippen LogP contribution in [-0.2, 0) is 18.3 Å². The van der Waals surface area contributed by atoms with Crippen molar-refractivity contribution in [1.29, 1.82) is 0 Å². The minimum absolute atomic E-state index is 0.00317. The summed E-state index contributed by atoms with van der Waals surface area (Å²) in [4.78, 5) is 33.5. The predicted molar refractivity (Wildman–Crippen MR) is 133 cm³/mol. The van der Waals surface area contributed by atoms with Crippen molar-refractivity contribution >= 4 is 11.8 Å². The second-order valence-electron chi connectivity index (χ2n) is 10.1. The molecular formula is C27H34N6O3. The molecule has 3 aromatic rings. The number of rotatable bonds is 4. The van der Waals surface area contributed by atoms with Crippen LogP contribution in [0, 0.1) is 12.8 Å². The van der Waals surface area contributed by atoms with Gasteiger partial charge in [0.05, 0.1) is 5.92 Å². The Morgan fingerprint density at radius 3 is 2.72 bits per heavy atom. The van der Waals surface area contributed by atoms with Crippen LogP contribution >= 0.6 is 0 Å². The standard InChI is InChI=1S/C27H34N6O3/c1-18-14-22(30-32(18)2)27(35)33-13-9-4-3-8-12-28-25(34)21-16-20(17-23(21)33)26-29-24(31-36-26)15-19-10-6-5-7-11-19/h5-7,10-11,14,20-21,23H,3-4,8-9,12-13,15-17H2,1-2H3,(H,28,34)/t20-,21-,23+/m1/s1. The van der Waals surface area contributed by atoms with Crippen molar-refractivity contribution in [2.45, 2.75) is 63.8 Å². The van der Waals surface area contributed by atoms with Crippen molar-refractivity contribution in [3.8, 4) is 0 Å². The van der Waals surface area contributed by atoms with Gasteiger partial charge in [0.15, 0.2) is 11.5 Å². The number of aromatic nitrogens is 4. The lowest BCUT2D eigenvalue weighted by Crippen LogP contribution is -2.47. The van der Waals surface area contributed by atoms with E-state index in [4.69, 9.17) is 4.52 Å². The number of benzene rings is 1. The molecule has 9 nitrogen and oxygen atoms in total. The van der Waals surface area contributed by atoms with E-state index >= 15 is 0 Å². The van der Waals surface area contributed by atoms with Crippen molar-refractivity contribution in [1.82, 2.24) is 30.1 Å². The lowest BCUT2D eigenvalue weighted by atomic mass is 10.00. The minimum Gasteiger partial charge on any atom is -0.356 e. The van der Waals surface area contributed by atoms with Crippen LogP contribution in [0.2, 0.25) is 0 Å². The van der Waals surface area contributed by atoms with Crippen LogP contribution in [0.3, 0.4) is 0 Å². The molecule has 2 aromatic heterocycles. The van der Waals surface area contributed by atoms with E-state index in [0.717, 1.165) is 36.9 Å². The van der Waals surface area contributed by atoms with Gasteiger partial charge in [-0.25, -0.2) is 0 Å². The molecule has 1 saturated carbocycles. The molecule has 36 heavy (non-hydrogen) atoms. The first-order valence-corrected chi connectivity index (χ1v) is 13.0. The second-order valence-corrected chi connectivity index (χ2v) is 10.1. The quantitative estimate of drug-likeness (QED) is 0.601. The van der Waals surface area contributed by atoms with Crippen LogP contribution in [-0.4, -0.2) is 55.8 Å². The van der Waals surface area contributed by atoms with Gasteiger partial charge in [0.1, 0.15) is 0 Å². The summed E-state index contributed by atoms with van der Waals surface area (Å²) in [5, 5.41) is 11.8. The van der Waals surface area contributed by atoms with Gasteiger partial charge in [-0.15, -0.1) is 0 Å². The predicted octanol–water partition coefficient (Wildman–Crippen LogP) is 3.40. The van der Waals surface area contributed by atoms with Crippen molar-refractivity contribution < 1.29 is 14.1 Å². The lowest BCUT2D eigenvalue weighted by Gasteiger charge is -2.32. The van der Waals surface area contributed by atoms with E-state index in [9.17, 15) is 9.59 Å². The normalized spacial score (nSPS) is 23.1. The van der Waals surface area contributed by atoms with Crippen molar-refractivity contribution in [3.63, 3.8) is 0 Å². The number of hydrogen-bond acceptors (Lipinski definition) is 6. The monoisotopic (exact) mass is 490 g/mol. The molecule has 5 rings (SSSR count). The number of hydrogen-bond donors (Lipinski definition) is 1. The molecule has 1 aliphatic carbocycles. The number of fused-ring (bicyclic) bond motifs is 1. The maximum Gasteiger partial charge on any atom is 0.274 e. The summed E-state index contributed by atoms with van der Waals surface area (Å²) in [6.45, 7) is 3.21. The highest BCUT2D eigenvalue weighted by atomic mass is 16.5. The molecule has 0 bridgehead atoms. The zero-order valence-corrected chi connectivity index (χ0v) is 21.0. The van der Waals surface area contributed by atoms with Gasteiger partial charge in [0.2, 0.25) is 11.8 Å². The minimum atomic E-state index is -0.327. The Morgan fingerprint density at radius 2 is 1.94 bits per heavy atom. The van der Waals surface area contributed by atoms with E-state index < -0.39 is 0 Å². The van der Waals surface area contributed by atoms with E-state index in [1.807, 2.05) is 55.3 Å². The highest BCUT2D eigenvalue weighted by molar-refractivity contribution is 5.93. The maximum atomic E-state index is 13.7. The van der Waals surface area contributed by atoms with E-state index in [1.54, 1.807) is 4.68 Å². The van der Waals surface area contributed by atoms with Crippen molar-refractivity contribution in [2.75, 3.05) is 13.1 Å². The summed E-state index contributed by atoms with van der Waals surface area (Å²) in [6, 6.07) is 11.6. The van der Waals surface area contributed by atoms with E-state index in [-0.39, 0.29) is 29.7 Å². The maximum absolute atomic E-state index is 13.7. The molecule has 2 amide bonds. The van der Waals surface area contributed by atoms with Gasteiger partial charge in [-0.3, -0.25) is 14.3 Å². The van der Waals surface area contributed by atoms with E-state index in [2.05, 4.69) is 20.6 Å².